The number of nitrogens with zero attached hydrogens (tertiary/aromatic N) is 2. The maximum atomic E-state index is 13.2. The molecule has 2 aliphatic rings. The molecule has 0 radical (unpaired) electrons. The van der Waals surface area contributed by atoms with Gasteiger partial charge in [0.25, 0.3) is 5.91 Å². The third kappa shape index (κ3) is 5.20. The molecule has 0 spiro atoms. The molecule has 3 rings (SSSR count). The number of amides is 1. The standard InChI is InChI=1S/C22H32N2O6S/c1-4-30-22(26)17-9-13-24(14-10-17)31(27,28)18-5-6-20(29-3)19(15-18)21(25)23-11-7-16(2)8-12-23/h5-6,15-17H,4,7-14H2,1-3H3. The minimum absolute atomic E-state index is 0.0663. The van der Waals surface area contributed by atoms with Crippen molar-refractivity contribution in [3.63, 3.8) is 0 Å². The minimum Gasteiger partial charge on any atom is -0.496 e. The van der Waals surface area contributed by atoms with Crippen LogP contribution in [0, 0.1) is 11.8 Å². The first-order chi connectivity index (χ1) is 14.8. The van der Waals surface area contributed by atoms with Crippen molar-refractivity contribution in [2.75, 3.05) is 39.9 Å². The first kappa shape index (κ1) is 23.5. The number of carbonyl (C=O) groups excluding carboxylic acids is 2. The molecule has 9 heteroatoms. The number of likely N-dealkylation sites (tertiary alicyclic amines) is 1. The minimum atomic E-state index is -3.79. The summed E-state index contributed by atoms with van der Waals surface area (Å²) in [6, 6.07) is 4.44. The van der Waals surface area contributed by atoms with Crippen LogP contribution in [0.1, 0.15) is 49.9 Å². The van der Waals surface area contributed by atoms with Crippen LogP contribution in [0.25, 0.3) is 0 Å². The van der Waals surface area contributed by atoms with E-state index in [1.54, 1.807) is 11.8 Å². The molecule has 1 amide bonds. The molecule has 2 saturated heterocycles. The molecule has 0 aromatic heterocycles. The van der Waals surface area contributed by atoms with Crippen molar-refractivity contribution in [3.8, 4) is 5.75 Å². The Labute approximate surface area is 184 Å². The van der Waals surface area contributed by atoms with Gasteiger partial charge < -0.3 is 14.4 Å². The summed E-state index contributed by atoms with van der Waals surface area (Å²) in [6.45, 7) is 6.03. The molecule has 0 saturated carbocycles. The van der Waals surface area contributed by atoms with Crippen LogP contribution in [0.2, 0.25) is 0 Å². The zero-order valence-corrected chi connectivity index (χ0v) is 19.3. The highest BCUT2D eigenvalue weighted by molar-refractivity contribution is 7.89. The second-order valence-electron chi connectivity index (χ2n) is 8.27. The van der Waals surface area contributed by atoms with Crippen LogP contribution < -0.4 is 4.74 Å². The molecule has 0 unspecified atom stereocenters. The van der Waals surface area contributed by atoms with Gasteiger partial charge in [-0.3, -0.25) is 9.59 Å². The Hall–Kier alpha value is -2.13. The number of hydrogen-bond donors (Lipinski definition) is 0. The number of piperidine rings is 2. The Kier molecular flexibility index (Phi) is 7.59. The van der Waals surface area contributed by atoms with Crippen molar-refractivity contribution in [2.24, 2.45) is 11.8 Å². The summed E-state index contributed by atoms with van der Waals surface area (Å²) in [6.07, 6.45) is 2.71. The fourth-order valence-electron chi connectivity index (χ4n) is 4.14. The molecule has 0 aliphatic carbocycles. The van der Waals surface area contributed by atoms with Crippen LogP contribution >= 0.6 is 0 Å². The lowest BCUT2D eigenvalue weighted by Gasteiger charge is -2.31. The average Bonchev–Trinajstić information content (AvgIpc) is 2.79. The van der Waals surface area contributed by atoms with Gasteiger partial charge in [-0.1, -0.05) is 6.92 Å². The number of benzene rings is 1. The number of carbonyl (C=O) groups is 2. The van der Waals surface area contributed by atoms with Crippen LogP contribution in [0.15, 0.2) is 23.1 Å². The van der Waals surface area contributed by atoms with Gasteiger partial charge >= 0.3 is 5.97 Å². The lowest BCUT2D eigenvalue weighted by Crippen LogP contribution is -2.41. The Bertz CT molecular complexity index is 901. The Balaban J connectivity index is 1.78. The molecule has 0 bridgehead atoms. The van der Waals surface area contributed by atoms with Gasteiger partial charge in [0.1, 0.15) is 5.75 Å². The molecule has 2 heterocycles. The Morgan fingerprint density at radius 3 is 2.29 bits per heavy atom. The van der Waals surface area contributed by atoms with Gasteiger partial charge in [-0.2, -0.15) is 4.31 Å². The van der Waals surface area contributed by atoms with Gasteiger partial charge in [0.2, 0.25) is 10.0 Å². The third-order valence-electron chi connectivity index (χ3n) is 6.18. The number of esters is 1. The number of ether oxygens (including phenoxy) is 2. The maximum absolute atomic E-state index is 13.2. The highest BCUT2D eigenvalue weighted by atomic mass is 32.2. The largest absolute Gasteiger partial charge is 0.496 e. The molecule has 1 aromatic rings. The number of sulfonamides is 1. The van der Waals surface area contributed by atoms with Crippen LogP contribution in [0.5, 0.6) is 5.75 Å². The third-order valence-corrected chi connectivity index (χ3v) is 8.08. The van der Waals surface area contributed by atoms with E-state index in [1.165, 1.54) is 29.6 Å². The topological polar surface area (TPSA) is 93.2 Å². The van der Waals surface area contributed by atoms with Crippen molar-refractivity contribution in [3.05, 3.63) is 23.8 Å². The molecule has 8 nitrogen and oxygen atoms in total. The highest BCUT2D eigenvalue weighted by Crippen LogP contribution is 2.29. The fourth-order valence-corrected chi connectivity index (χ4v) is 5.63. The SMILES string of the molecule is CCOC(=O)C1CCN(S(=O)(=O)c2ccc(OC)c(C(=O)N3CCC(C)CC3)c2)CC1. The van der Waals surface area contributed by atoms with Crippen LogP contribution in [-0.4, -0.2) is 69.4 Å². The summed E-state index contributed by atoms with van der Waals surface area (Å²) in [7, 11) is -2.32. The van der Waals surface area contributed by atoms with Gasteiger partial charge in [-0.25, -0.2) is 8.42 Å². The predicted molar refractivity (Wildman–Crippen MR) is 115 cm³/mol. The molecule has 0 N–H and O–H groups in total. The molecule has 2 fully saturated rings. The molecule has 0 atom stereocenters. The molecular formula is C22H32N2O6S. The monoisotopic (exact) mass is 452 g/mol. The molecule has 172 valence electrons. The van der Waals surface area contributed by atoms with E-state index in [1.807, 2.05) is 0 Å². The van der Waals surface area contributed by atoms with Crippen molar-refractivity contribution in [1.82, 2.24) is 9.21 Å². The fraction of sp³-hybridized carbons (Fsp3) is 0.636. The number of rotatable bonds is 6. The van der Waals surface area contributed by atoms with Crippen LogP contribution in [0.4, 0.5) is 0 Å². The average molecular weight is 453 g/mol. The summed E-state index contributed by atoms with van der Waals surface area (Å²) < 4.78 is 38.2. The zero-order chi connectivity index (χ0) is 22.6. The summed E-state index contributed by atoms with van der Waals surface area (Å²) >= 11 is 0. The van der Waals surface area contributed by atoms with E-state index in [-0.39, 0.29) is 41.3 Å². The smallest absolute Gasteiger partial charge is 0.309 e. The highest BCUT2D eigenvalue weighted by Gasteiger charge is 2.34. The van der Waals surface area contributed by atoms with Gasteiger partial charge in [-0.05, 0) is 56.7 Å². The van der Waals surface area contributed by atoms with E-state index in [2.05, 4.69) is 6.92 Å². The lowest BCUT2D eigenvalue weighted by molar-refractivity contribution is -0.149. The van der Waals surface area contributed by atoms with E-state index in [9.17, 15) is 18.0 Å². The summed E-state index contributed by atoms with van der Waals surface area (Å²) in [5.41, 5.74) is 0.263. The molecule has 31 heavy (non-hydrogen) atoms. The quantitative estimate of drug-likeness (QED) is 0.616. The number of hydrogen-bond acceptors (Lipinski definition) is 6. The van der Waals surface area contributed by atoms with Gasteiger partial charge in [0.15, 0.2) is 0 Å². The van der Waals surface area contributed by atoms with E-state index in [4.69, 9.17) is 9.47 Å². The van der Waals surface area contributed by atoms with Crippen molar-refractivity contribution >= 4 is 21.9 Å². The van der Waals surface area contributed by atoms with E-state index in [0.717, 1.165) is 12.8 Å². The number of methoxy groups -OCH3 is 1. The van der Waals surface area contributed by atoms with Gasteiger partial charge in [0, 0.05) is 26.2 Å². The normalized spacial score (nSPS) is 19.3. The van der Waals surface area contributed by atoms with E-state index < -0.39 is 10.0 Å². The van der Waals surface area contributed by atoms with Gasteiger partial charge in [0.05, 0.1) is 30.1 Å². The van der Waals surface area contributed by atoms with Crippen molar-refractivity contribution in [2.45, 2.75) is 44.4 Å². The van der Waals surface area contributed by atoms with Crippen molar-refractivity contribution in [1.29, 1.82) is 0 Å². The Morgan fingerprint density at radius 2 is 1.71 bits per heavy atom. The second-order valence-corrected chi connectivity index (χ2v) is 10.2. The first-order valence-corrected chi connectivity index (χ1v) is 12.4. The second kappa shape index (κ2) is 9.99. The summed E-state index contributed by atoms with van der Waals surface area (Å²) in [5.74, 6) is 0.189. The summed E-state index contributed by atoms with van der Waals surface area (Å²) in [5, 5.41) is 0. The van der Waals surface area contributed by atoms with Gasteiger partial charge in [-0.15, -0.1) is 0 Å². The Morgan fingerprint density at radius 1 is 1.06 bits per heavy atom. The zero-order valence-electron chi connectivity index (χ0n) is 18.5. The predicted octanol–water partition coefficient (Wildman–Crippen LogP) is 2.53. The molecular weight excluding hydrogens is 420 g/mol. The summed E-state index contributed by atoms with van der Waals surface area (Å²) in [4.78, 5) is 26.9. The molecule has 2 aliphatic heterocycles. The first-order valence-electron chi connectivity index (χ1n) is 10.9. The van der Waals surface area contributed by atoms with Crippen molar-refractivity contribution < 1.29 is 27.5 Å². The van der Waals surface area contributed by atoms with Crippen LogP contribution in [0.3, 0.4) is 0 Å². The maximum Gasteiger partial charge on any atom is 0.309 e. The van der Waals surface area contributed by atoms with E-state index in [0.29, 0.717) is 44.2 Å². The lowest BCUT2D eigenvalue weighted by atomic mass is 9.98. The van der Waals surface area contributed by atoms with E-state index >= 15 is 0 Å². The molecule has 1 aromatic carbocycles. The van der Waals surface area contributed by atoms with Crippen LogP contribution in [-0.2, 0) is 19.6 Å².